The van der Waals surface area contributed by atoms with Gasteiger partial charge in [0, 0.05) is 54.3 Å². The van der Waals surface area contributed by atoms with Crippen LogP contribution in [0.15, 0.2) is 65.9 Å². The third-order valence-corrected chi connectivity index (χ3v) is 6.23. The molecule has 37 heavy (non-hydrogen) atoms. The second kappa shape index (κ2) is 11.7. The molecule has 0 radical (unpaired) electrons. The van der Waals surface area contributed by atoms with Gasteiger partial charge in [0.25, 0.3) is 0 Å². The smallest absolute Gasteiger partial charge is 0.160 e. The molecule has 1 fully saturated rings. The van der Waals surface area contributed by atoms with Gasteiger partial charge in [-0.1, -0.05) is 24.3 Å². The van der Waals surface area contributed by atoms with Gasteiger partial charge < -0.3 is 28.8 Å². The van der Waals surface area contributed by atoms with E-state index in [0.717, 1.165) is 53.1 Å². The van der Waals surface area contributed by atoms with Crippen LogP contribution in [0.5, 0.6) is 17.2 Å². The zero-order valence-electron chi connectivity index (χ0n) is 21.1. The van der Waals surface area contributed by atoms with E-state index in [1.807, 2.05) is 54.7 Å². The van der Waals surface area contributed by atoms with E-state index < -0.39 is 0 Å². The summed E-state index contributed by atoms with van der Waals surface area (Å²) in [4.78, 5) is 10.2. The van der Waals surface area contributed by atoms with Crippen LogP contribution >= 0.6 is 0 Å². The van der Waals surface area contributed by atoms with Gasteiger partial charge in [-0.25, -0.2) is 4.98 Å². The summed E-state index contributed by atoms with van der Waals surface area (Å²) in [5.74, 6) is 3.58. The number of methoxy groups -OCH3 is 2. The molecule has 3 heterocycles. The van der Waals surface area contributed by atoms with Crippen LogP contribution in [0.25, 0.3) is 10.9 Å². The highest BCUT2D eigenvalue weighted by Gasteiger charge is 2.15. The minimum Gasteiger partial charge on any atom is -0.493 e. The first-order chi connectivity index (χ1) is 18.2. The summed E-state index contributed by atoms with van der Waals surface area (Å²) in [5, 5.41) is 5.56. The van der Waals surface area contributed by atoms with Crippen LogP contribution in [-0.2, 0) is 11.2 Å². The van der Waals surface area contributed by atoms with Gasteiger partial charge >= 0.3 is 0 Å². The molecule has 0 bridgehead atoms. The first-order valence-electron chi connectivity index (χ1n) is 12.3. The number of pyridine rings is 1. The fraction of sp³-hybridized carbons (Fsp3) is 0.286. The lowest BCUT2D eigenvalue weighted by Gasteiger charge is -2.28. The van der Waals surface area contributed by atoms with Crippen LogP contribution in [0.3, 0.4) is 0 Å². The maximum atomic E-state index is 6.16. The Morgan fingerprint density at radius 1 is 1.05 bits per heavy atom. The van der Waals surface area contributed by atoms with Gasteiger partial charge in [0.15, 0.2) is 17.3 Å². The number of nitrogens with one attached hydrogen (secondary N) is 2. The zero-order chi connectivity index (χ0) is 25.5. The average molecular weight is 502 g/mol. The van der Waals surface area contributed by atoms with Crippen LogP contribution in [0.2, 0.25) is 0 Å². The molecule has 1 saturated heterocycles. The number of morpholine rings is 1. The number of aromatic nitrogens is 2. The van der Waals surface area contributed by atoms with Gasteiger partial charge in [-0.15, -0.1) is 0 Å². The molecule has 2 N–H and O–H groups in total. The summed E-state index contributed by atoms with van der Waals surface area (Å²) >= 11 is 0. The normalized spacial score (nSPS) is 13.7. The molecule has 4 aromatic rings. The lowest BCUT2D eigenvalue weighted by molar-refractivity contribution is 0.122. The number of ether oxygens (including phenoxy) is 4. The Kier molecular flexibility index (Phi) is 7.71. The number of para-hydroxylation sites is 1. The van der Waals surface area contributed by atoms with E-state index in [1.54, 1.807) is 20.4 Å². The Labute approximate surface area is 216 Å². The van der Waals surface area contributed by atoms with E-state index in [1.165, 1.54) is 0 Å². The molecule has 1 aliphatic heterocycles. The number of rotatable bonds is 10. The first-order valence-corrected chi connectivity index (χ1v) is 12.3. The molecule has 2 aromatic heterocycles. The van der Waals surface area contributed by atoms with E-state index >= 15 is 0 Å². The highest BCUT2D eigenvalue weighted by atomic mass is 16.5. The van der Waals surface area contributed by atoms with E-state index in [0.29, 0.717) is 37.1 Å². The quantitative estimate of drug-likeness (QED) is 0.244. The Hall–Kier alpha value is -4.24. The molecule has 9 heteroatoms. The summed E-state index contributed by atoms with van der Waals surface area (Å²) in [5.41, 5.74) is 6.25. The Bertz CT molecular complexity index is 1360. The fourth-order valence-electron chi connectivity index (χ4n) is 4.28. The molecule has 192 valence electrons. The van der Waals surface area contributed by atoms with Crippen molar-refractivity contribution in [2.24, 2.45) is 5.10 Å². The predicted molar refractivity (Wildman–Crippen MR) is 146 cm³/mol. The average Bonchev–Trinajstić information content (AvgIpc) is 3.36. The second-order valence-corrected chi connectivity index (χ2v) is 8.59. The number of hydrazone groups is 1. The van der Waals surface area contributed by atoms with Gasteiger partial charge in [-0.05, 0) is 23.8 Å². The molecule has 9 nitrogen and oxygen atoms in total. The van der Waals surface area contributed by atoms with Crippen LogP contribution < -0.4 is 24.5 Å². The third-order valence-electron chi connectivity index (χ3n) is 6.23. The number of anilines is 2. The standard InChI is InChI=1S/C28H31N5O4/c1-34-25-8-7-20(15-26(25)35-2)9-12-37-22-16-27(31-28(17-22)33-10-13-36-14-11-33)32-30-19-21-18-29-24-6-4-3-5-23(21)24/h3-8,15-19,29H,9-14H2,1-2H3,(H,31,32). The molecule has 5 rings (SSSR count). The maximum Gasteiger partial charge on any atom is 0.160 e. The number of H-pyrrole nitrogens is 1. The molecule has 0 unspecified atom stereocenters. The molecule has 0 atom stereocenters. The Balaban J connectivity index is 1.30. The third kappa shape index (κ3) is 5.95. The van der Waals surface area contributed by atoms with Gasteiger partial charge in [0.05, 0.1) is 40.3 Å². The van der Waals surface area contributed by atoms with E-state index in [2.05, 4.69) is 26.5 Å². The highest BCUT2D eigenvalue weighted by Crippen LogP contribution is 2.28. The molecule has 1 aliphatic rings. The second-order valence-electron chi connectivity index (χ2n) is 8.59. The topological polar surface area (TPSA) is 93.2 Å². The number of hydrogen-bond acceptors (Lipinski definition) is 8. The van der Waals surface area contributed by atoms with Crippen molar-refractivity contribution in [3.05, 3.63) is 71.9 Å². The number of fused-ring (bicyclic) bond motifs is 1. The lowest BCUT2D eigenvalue weighted by Crippen LogP contribution is -2.36. The van der Waals surface area contributed by atoms with Gasteiger partial charge in [0.2, 0.25) is 0 Å². The van der Waals surface area contributed by atoms with Crippen molar-refractivity contribution in [3.8, 4) is 17.2 Å². The summed E-state index contributed by atoms with van der Waals surface area (Å²) in [6.45, 7) is 3.40. The molecule has 0 aliphatic carbocycles. The molecule has 0 saturated carbocycles. The lowest BCUT2D eigenvalue weighted by atomic mass is 10.1. The maximum absolute atomic E-state index is 6.16. The van der Waals surface area contributed by atoms with Crippen LogP contribution in [-0.4, -0.2) is 63.3 Å². The monoisotopic (exact) mass is 501 g/mol. The van der Waals surface area contributed by atoms with Crippen LogP contribution in [0, 0.1) is 0 Å². The summed E-state index contributed by atoms with van der Waals surface area (Å²) < 4.78 is 22.4. The van der Waals surface area contributed by atoms with Crippen LogP contribution in [0.1, 0.15) is 11.1 Å². The summed E-state index contributed by atoms with van der Waals surface area (Å²) in [7, 11) is 3.27. The van der Waals surface area contributed by atoms with Crippen molar-refractivity contribution in [2.75, 3.05) is 57.5 Å². The first kappa shape index (κ1) is 24.5. The molecular formula is C28H31N5O4. The highest BCUT2D eigenvalue weighted by molar-refractivity contribution is 5.99. The van der Waals surface area contributed by atoms with Crippen molar-refractivity contribution in [1.82, 2.24) is 9.97 Å². The molecule has 0 spiro atoms. The molecule has 2 aromatic carbocycles. The predicted octanol–water partition coefficient (Wildman–Crippen LogP) is 4.48. The van der Waals surface area contributed by atoms with E-state index in [-0.39, 0.29) is 0 Å². The zero-order valence-corrected chi connectivity index (χ0v) is 21.1. The molecular weight excluding hydrogens is 470 g/mol. The summed E-state index contributed by atoms with van der Waals surface area (Å²) in [6.07, 6.45) is 4.45. The van der Waals surface area contributed by atoms with Crippen molar-refractivity contribution < 1.29 is 18.9 Å². The number of hydrogen-bond donors (Lipinski definition) is 2. The van der Waals surface area contributed by atoms with E-state index in [9.17, 15) is 0 Å². The molecule has 0 amide bonds. The van der Waals surface area contributed by atoms with Crippen molar-refractivity contribution in [3.63, 3.8) is 0 Å². The number of nitrogens with zero attached hydrogens (tertiary/aromatic N) is 3. The van der Waals surface area contributed by atoms with Crippen molar-refractivity contribution >= 4 is 28.8 Å². The van der Waals surface area contributed by atoms with Gasteiger partial charge in [0.1, 0.15) is 11.6 Å². The number of benzene rings is 2. The SMILES string of the molecule is COc1ccc(CCOc2cc(NN=Cc3c[nH]c4ccccc34)nc(N3CCOCC3)c2)cc1OC. The van der Waals surface area contributed by atoms with Crippen LogP contribution in [0.4, 0.5) is 11.6 Å². The fourth-order valence-corrected chi connectivity index (χ4v) is 4.28. The van der Waals surface area contributed by atoms with E-state index in [4.69, 9.17) is 23.9 Å². The van der Waals surface area contributed by atoms with Crippen molar-refractivity contribution in [2.45, 2.75) is 6.42 Å². The largest absolute Gasteiger partial charge is 0.493 e. The number of aromatic amines is 1. The van der Waals surface area contributed by atoms with Crippen molar-refractivity contribution in [1.29, 1.82) is 0 Å². The Morgan fingerprint density at radius 2 is 1.89 bits per heavy atom. The van der Waals surface area contributed by atoms with Gasteiger partial charge in [-0.2, -0.15) is 5.10 Å². The summed E-state index contributed by atoms with van der Waals surface area (Å²) in [6, 6.07) is 17.9. The minimum atomic E-state index is 0.500. The minimum absolute atomic E-state index is 0.500. The van der Waals surface area contributed by atoms with Gasteiger partial charge in [-0.3, -0.25) is 5.43 Å². The Morgan fingerprint density at radius 3 is 2.73 bits per heavy atom.